The molecule has 0 aliphatic carbocycles. The molecule has 0 atom stereocenters. The van der Waals surface area contributed by atoms with Crippen molar-refractivity contribution in [2.45, 2.75) is 26.3 Å². The lowest BCUT2D eigenvalue weighted by atomic mass is 10.1. The fourth-order valence-electron chi connectivity index (χ4n) is 1.47. The molecular weight excluding hydrogens is 287 g/mol. The van der Waals surface area contributed by atoms with Crippen molar-refractivity contribution < 1.29 is 0 Å². The summed E-state index contributed by atoms with van der Waals surface area (Å²) in [4.78, 5) is 4.54. The van der Waals surface area contributed by atoms with Gasteiger partial charge in [-0.15, -0.1) is 11.3 Å². The lowest BCUT2D eigenvalue weighted by molar-refractivity contribution is 0.633. The van der Waals surface area contributed by atoms with E-state index in [2.05, 4.69) is 31.1 Å². The first kappa shape index (κ1) is 13.7. The molecule has 1 heterocycles. The van der Waals surface area contributed by atoms with Crippen LogP contribution in [0.4, 0.5) is 5.13 Å². The predicted octanol–water partition coefficient (Wildman–Crippen LogP) is 5.33. The first-order valence-corrected chi connectivity index (χ1v) is 7.18. The fourth-order valence-corrected chi connectivity index (χ4v) is 2.90. The van der Waals surface area contributed by atoms with E-state index >= 15 is 0 Å². The first-order chi connectivity index (χ1) is 8.35. The molecule has 0 amide bonds. The minimum Gasteiger partial charge on any atom is -0.357 e. The van der Waals surface area contributed by atoms with E-state index in [9.17, 15) is 0 Å². The van der Waals surface area contributed by atoms with Gasteiger partial charge in [0, 0.05) is 21.5 Å². The average Bonchev–Trinajstić information content (AvgIpc) is 2.63. The molecule has 2 aromatic rings. The molecule has 0 spiro atoms. The van der Waals surface area contributed by atoms with E-state index in [1.54, 1.807) is 17.4 Å². The Morgan fingerprint density at radius 1 is 1.22 bits per heavy atom. The molecule has 96 valence electrons. The van der Waals surface area contributed by atoms with Crippen LogP contribution in [0.2, 0.25) is 10.0 Å². The normalized spacial score (nSPS) is 11.6. The SMILES string of the molecule is CC(C)(C)Nc1nc(-c2ccc(Cl)cc2Cl)cs1. The van der Waals surface area contributed by atoms with E-state index in [0.717, 1.165) is 16.4 Å². The molecule has 2 rings (SSSR count). The van der Waals surface area contributed by atoms with E-state index in [1.807, 2.05) is 17.5 Å². The summed E-state index contributed by atoms with van der Waals surface area (Å²) in [5.41, 5.74) is 1.77. The second-order valence-corrected chi connectivity index (χ2v) is 6.74. The molecule has 2 nitrogen and oxygen atoms in total. The van der Waals surface area contributed by atoms with Gasteiger partial charge in [-0.1, -0.05) is 23.2 Å². The Morgan fingerprint density at radius 2 is 1.94 bits per heavy atom. The zero-order valence-corrected chi connectivity index (χ0v) is 12.7. The fraction of sp³-hybridized carbons (Fsp3) is 0.308. The Labute approximate surface area is 121 Å². The number of halogens is 2. The summed E-state index contributed by atoms with van der Waals surface area (Å²) < 4.78 is 0. The molecule has 0 aliphatic rings. The van der Waals surface area contributed by atoms with Gasteiger partial charge in [-0.3, -0.25) is 0 Å². The third-order valence-electron chi connectivity index (χ3n) is 2.19. The van der Waals surface area contributed by atoms with Crippen molar-refractivity contribution in [1.29, 1.82) is 0 Å². The first-order valence-electron chi connectivity index (χ1n) is 5.54. The second kappa shape index (κ2) is 5.08. The Hall–Kier alpha value is -0.770. The highest BCUT2D eigenvalue weighted by Gasteiger charge is 2.13. The number of anilines is 1. The number of aromatic nitrogens is 1. The van der Waals surface area contributed by atoms with Crippen LogP contribution in [0.1, 0.15) is 20.8 Å². The van der Waals surface area contributed by atoms with E-state index in [1.165, 1.54) is 0 Å². The maximum Gasteiger partial charge on any atom is 0.183 e. The molecule has 0 bridgehead atoms. The zero-order chi connectivity index (χ0) is 13.3. The van der Waals surface area contributed by atoms with Crippen molar-refractivity contribution in [1.82, 2.24) is 4.98 Å². The number of hydrogen-bond acceptors (Lipinski definition) is 3. The summed E-state index contributed by atoms with van der Waals surface area (Å²) in [6.07, 6.45) is 0. The Morgan fingerprint density at radius 3 is 2.56 bits per heavy atom. The minimum absolute atomic E-state index is 0.00108. The van der Waals surface area contributed by atoms with Gasteiger partial charge in [0.15, 0.2) is 5.13 Å². The molecule has 1 N–H and O–H groups in total. The molecule has 1 aromatic carbocycles. The van der Waals surface area contributed by atoms with Gasteiger partial charge in [0.1, 0.15) is 0 Å². The number of nitrogens with zero attached hydrogens (tertiary/aromatic N) is 1. The van der Waals surface area contributed by atoms with Gasteiger partial charge in [-0.25, -0.2) is 4.98 Å². The van der Waals surface area contributed by atoms with Crippen LogP contribution in [0.5, 0.6) is 0 Å². The quantitative estimate of drug-likeness (QED) is 0.811. The van der Waals surface area contributed by atoms with Gasteiger partial charge in [-0.2, -0.15) is 0 Å². The van der Waals surface area contributed by atoms with E-state index in [0.29, 0.717) is 10.0 Å². The van der Waals surface area contributed by atoms with Crippen LogP contribution in [-0.4, -0.2) is 10.5 Å². The topological polar surface area (TPSA) is 24.9 Å². The van der Waals surface area contributed by atoms with Crippen LogP contribution in [0.3, 0.4) is 0 Å². The highest BCUT2D eigenvalue weighted by molar-refractivity contribution is 7.14. The van der Waals surface area contributed by atoms with Gasteiger partial charge in [0.25, 0.3) is 0 Å². The number of hydrogen-bond donors (Lipinski definition) is 1. The van der Waals surface area contributed by atoms with E-state index < -0.39 is 0 Å². The molecule has 1 aromatic heterocycles. The lowest BCUT2D eigenvalue weighted by Gasteiger charge is -2.19. The third-order valence-corrected chi connectivity index (χ3v) is 3.50. The number of benzene rings is 1. The summed E-state index contributed by atoms with van der Waals surface area (Å²) >= 11 is 13.6. The number of nitrogens with one attached hydrogen (secondary N) is 1. The summed E-state index contributed by atoms with van der Waals surface area (Å²) in [7, 11) is 0. The van der Waals surface area contributed by atoms with Crippen molar-refractivity contribution in [2.75, 3.05) is 5.32 Å². The highest BCUT2D eigenvalue weighted by Crippen LogP contribution is 2.32. The van der Waals surface area contributed by atoms with Gasteiger partial charge in [0.05, 0.1) is 10.7 Å². The van der Waals surface area contributed by atoms with Gasteiger partial charge >= 0.3 is 0 Å². The van der Waals surface area contributed by atoms with Crippen molar-refractivity contribution in [2.24, 2.45) is 0 Å². The van der Waals surface area contributed by atoms with Crippen molar-refractivity contribution in [3.05, 3.63) is 33.6 Å². The Bertz CT molecular complexity index is 558. The number of rotatable bonds is 2. The Kier molecular flexibility index (Phi) is 3.85. The van der Waals surface area contributed by atoms with Gasteiger partial charge in [0.2, 0.25) is 0 Å². The third kappa shape index (κ3) is 3.37. The lowest BCUT2D eigenvalue weighted by Crippen LogP contribution is -2.25. The zero-order valence-electron chi connectivity index (χ0n) is 10.4. The molecule has 0 fully saturated rings. The van der Waals surface area contributed by atoms with E-state index in [-0.39, 0.29) is 5.54 Å². The van der Waals surface area contributed by atoms with E-state index in [4.69, 9.17) is 23.2 Å². The van der Waals surface area contributed by atoms with Crippen LogP contribution in [0.25, 0.3) is 11.3 Å². The van der Waals surface area contributed by atoms with Crippen LogP contribution in [-0.2, 0) is 0 Å². The van der Waals surface area contributed by atoms with Crippen molar-refractivity contribution in [3.63, 3.8) is 0 Å². The highest BCUT2D eigenvalue weighted by atomic mass is 35.5. The summed E-state index contributed by atoms with van der Waals surface area (Å²) in [6.45, 7) is 6.30. The monoisotopic (exact) mass is 300 g/mol. The minimum atomic E-state index is -0.00108. The maximum absolute atomic E-state index is 6.17. The standard InChI is InChI=1S/C13H14Cl2N2S/c1-13(2,3)17-12-16-11(7-18-12)9-5-4-8(14)6-10(9)15/h4-7H,1-3H3,(H,16,17). The summed E-state index contributed by atoms with van der Waals surface area (Å²) in [5.74, 6) is 0. The van der Waals surface area contributed by atoms with Gasteiger partial charge < -0.3 is 5.32 Å². The maximum atomic E-state index is 6.17. The molecule has 0 saturated heterocycles. The molecule has 0 aliphatic heterocycles. The van der Waals surface area contributed by atoms with Crippen LogP contribution >= 0.6 is 34.5 Å². The van der Waals surface area contributed by atoms with Crippen LogP contribution in [0.15, 0.2) is 23.6 Å². The smallest absolute Gasteiger partial charge is 0.183 e. The molecule has 0 saturated carbocycles. The summed E-state index contributed by atoms with van der Waals surface area (Å²) in [5, 5.41) is 7.47. The molecular formula is C13H14Cl2N2S. The van der Waals surface area contributed by atoms with Crippen molar-refractivity contribution in [3.8, 4) is 11.3 Å². The van der Waals surface area contributed by atoms with Gasteiger partial charge in [-0.05, 0) is 39.0 Å². The van der Waals surface area contributed by atoms with Crippen LogP contribution in [0, 0.1) is 0 Å². The van der Waals surface area contributed by atoms with Crippen LogP contribution < -0.4 is 5.32 Å². The summed E-state index contributed by atoms with van der Waals surface area (Å²) in [6, 6.07) is 5.44. The predicted molar refractivity (Wildman–Crippen MR) is 80.9 cm³/mol. The van der Waals surface area contributed by atoms with Crippen molar-refractivity contribution >= 4 is 39.7 Å². The molecule has 0 unspecified atom stereocenters. The largest absolute Gasteiger partial charge is 0.357 e. The molecule has 5 heteroatoms. The molecule has 0 radical (unpaired) electrons. The molecule has 18 heavy (non-hydrogen) atoms. The average molecular weight is 301 g/mol. The number of thiazole rings is 1. The second-order valence-electron chi connectivity index (χ2n) is 5.04. The Balaban J connectivity index is 2.29.